The van der Waals surface area contributed by atoms with E-state index in [9.17, 15) is 62.3 Å². The number of carbonyl (C=O) groups is 2. The van der Waals surface area contributed by atoms with Gasteiger partial charge in [0.25, 0.3) is 0 Å². The molecule has 0 radical (unpaired) electrons. The summed E-state index contributed by atoms with van der Waals surface area (Å²) in [6, 6.07) is 16.2. The largest absolute Gasteiger partial charge is 0.481 e. The summed E-state index contributed by atoms with van der Waals surface area (Å²) < 4.78 is 188. The molecular weight excluding hydrogens is 975 g/mol. The van der Waals surface area contributed by atoms with Crippen molar-refractivity contribution >= 4 is 35.1 Å². The topological polar surface area (TPSA) is 80.9 Å². The molecule has 2 aromatic heterocycles. The average Bonchev–Trinajstić information content (AvgIpc) is 3.86. The lowest BCUT2D eigenvalue weighted by atomic mass is 10.1. The number of nitrogens with zero attached hydrogens (tertiary/aromatic N) is 2. The van der Waals surface area contributed by atoms with E-state index < -0.39 is 101 Å². The highest BCUT2D eigenvalue weighted by Gasteiger charge is 2.60. The molecule has 22 heteroatoms. The first kappa shape index (κ1) is 54.3. The molecule has 0 bridgehead atoms. The third kappa shape index (κ3) is 13.2. The Morgan fingerprint density at radius 3 is 1.21 bits per heavy atom. The van der Waals surface area contributed by atoms with Crippen LogP contribution in [0.5, 0.6) is 11.5 Å². The number of benzene rings is 4. The van der Waals surface area contributed by atoms with Crippen LogP contribution in [0.4, 0.5) is 52.7 Å². The van der Waals surface area contributed by atoms with Gasteiger partial charge in [0.1, 0.15) is 13.2 Å². The van der Waals surface area contributed by atoms with E-state index in [4.69, 9.17) is 42.1 Å². The fourth-order valence-corrected chi connectivity index (χ4v) is 6.60. The molecule has 8 nitrogen and oxygen atoms in total. The number of halogens is 14. The maximum Gasteiger partial charge on any atom is 0.458 e. The summed E-state index contributed by atoms with van der Waals surface area (Å²) in [5.41, 5.74) is -3.06. The van der Waals surface area contributed by atoms with E-state index in [0.717, 1.165) is 41.1 Å². The number of alkyl halides is 8. The molecule has 68 heavy (non-hydrogen) atoms. The first-order valence-corrected chi connectivity index (χ1v) is 20.2. The maximum absolute atomic E-state index is 14.5. The number of hydrogen-bond donors (Lipinski definition) is 0. The van der Waals surface area contributed by atoms with Gasteiger partial charge in [0, 0.05) is 33.8 Å². The van der Waals surface area contributed by atoms with Crippen molar-refractivity contribution in [1.29, 1.82) is 0 Å². The van der Waals surface area contributed by atoms with Crippen LogP contribution < -0.4 is 9.47 Å². The molecule has 6 aromatic rings. The molecule has 0 atom stereocenters. The number of aromatic nitrogens is 2. The highest BCUT2D eigenvalue weighted by Crippen LogP contribution is 2.46. The number of rotatable bonds is 15. The van der Waals surface area contributed by atoms with Crippen LogP contribution >= 0.6 is 23.2 Å². The first-order valence-electron chi connectivity index (χ1n) is 19.4. The molecule has 0 aliphatic rings. The van der Waals surface area contributed by atoms with Crippen molar-refractivity contribution in [2.75, 3.05) is 13.2 Å². The highest BCUT2D eigenvalue weighted by atomic mass is 35.5. The minimum Gasteiger partial charge on any atom is -0.481 e. The summed E-state index contributed by atoms with van der Waals surface area (Å²) in [4.78, 5) is 23.0. The van der Waals surface area contributed by atoms with Crippen molar-refractivity contribution in [2.24, 2.45) is 0 Å². The minimum absolute atomic E-state index is 0. The fraction of sp³-hybridized carbons (Fsp3) is 0.261. The number of esters is 2. The average molecular weight is 1010 g/mol. The van der Waals surface area contributed by atoms with Gasteiger partial charge in [0.05, 0.1) is 48.6 Å². The van der Waals surface area contributed by atoms with Crippen LogP contribution in [0.25, 0.3) is 11.4 Å². The molecule has 0 aliphatic carbocycles. The summed E-state index contributed by atoms with van der Waals surface area (Å²) in [5.74, 6) is -13.4. The Bertz CT molecular complexity index is 2640. The maximum atomic E-state index is 14.5. The Hall–Kier alpha value is -6.28. The van der Waals surface area contributed by atoms with E-state index in [1.54, 1.807) is 13.8 Å². The second-order valence-electron chi connectivity index (χ2n) is 13.9. The van der Waals surface area contributed by atoms with Crippen molar-refractivity contribution in [3.05, 3.63) is 164 Å². The van der Waals surface area contributed by atoms with Gasteiger partial charge in [-0.05, 0) is 110 Å². The van der Waals surface area contributed by atoms with Crippen LogP contribution in [0.3, 0.4) is 0 Å². The molecule has 2 heterocycles. The van der Waals surface area contributed by atoms with E-state index in [2.05, 4.69) is 0 Å². The van der Waals surface area contributed by atoms with Gasteiger partial charge in [-0.25, -0.2) is 17.6 Å². The first-order chi connectivity index (χ1) is 31.4. The number of carbonyl (C=O) groups excluding carboxylic acids is 2. The molecule has 0 fully saturated rings. The third-order valence-corrected chi connectivity index (χ3v) is 9.83. The lowest BCUT2D eigenvalue weighted by Crippen LogP contribution is -2.34. The van der Waals surface area contributed by atoms with Gasteiger partial charge in [-0.3, -0.25) is 9.59 Å². The van der Waals surface area contributed by atoms with Gasteiger partial charge in [-0.15, -0.1) is 0 Å². The Kier molecular flexibility index (Phi) is 18.1. The van der Waals surface area contributed by atoms with Gasteiger partial charge in [0.2, 0.25) is 0 Å². The van der Waals surface area contributed by atoms with Crippen LogP contribution in [0.15, 0.2) is 97.3 Å². The van der Waals surface area contributed by atoms with Gasteiger partial charge in [0.15, 0.2) is 34.8 Å². The van der Waals surface area contributed by atoms with Gasteiger partial charge in [-0.1, -0.05) is 30.6 Å². The molecular formula is C46H38Cl2F12N2O6. The second kappa shape index (κ2) is 22.7. The number of hydrogen-bond acceptors (Lipinski definition) is 6. The summed E-state index contributed by atoms with van der Waals surface area (Å²) in [6.07, 6.45) is -9.31. The molecule has 0 aliphatic heterocycles. The molecule has 4 aromatic carbocycles. The lowest BCUT2D eigenvalue weighted by Gasteiger charge is -2.21. The van der Waals surface area contributed by atoms with Crippen LogP contribution in [0, 0.1) is 23.3 Å². The predicted octanol–water partition coefficient (Wildman–Crippen LogP) is 13.5. The molecule has 0 amide bonds. The molecule has 0 saturated heterocycles. The molecule has 0 unspecified atom stereocenters. The van der Waals surface area contributed by atoms with E-state index in [0.29, 0.717) is 16.8 Å². The zero-order chi connectivity index (χ0) is 49.4. The number of ether oxygens (including phenoxy) is 4. The van der Waals surface area contributed by atoms with Crippen molar-refractivity contribution in [2.45, 2.75) is 65.6 Å². The molecule has 6 rings (SSSR count). The predicted molar refractivity (Wildman–Crippen MR) is 225 cm³/mol. The molecule has 0 spiro atoms. The van der Waals surface area contributed by atoms with E-state index in [1.165, 1.54) is 59.3 Å². The van der Waals surface area contributed by atoms with E-state index >= 15 is 0 Å². The van der Waals surface area contributed by atoms with Crippen molar-refractivity contribution < 1.29 is 81.2 Å². The standard InChI is InChI=1S/C23H17ClF7NO3.C22H17ClF5NO3.CH4/c1-2-34-20(33)11-13-9-17(25)21(18(26)10-13)35-12-19-16(22(27,28)23(29,30)31)7-8-32(19)15-5-3-14(24)4-6-15;1-2-31-20(30)11-13-9-17(24)21(18(25)10-13)32-12-19-16(22(26,27)28)7-8-29(19)15-5-3-14(23)4-6-15;/h3-10H,2,11-12H2,1H3;3-10H,2,11-12H2,1H3;1H4. The zero-order valence-electron chi connectivity index (χ0n) is 34.6. The summed E-state index contributed by atoms with van der Waals surface area (Å²) in [5, 5.41) is 0.674. The van der Waals surface area contributed by atoms with Crippen molar-refractivity contribution in [3.8, 4) is 22.9 Å². The van der Waals surface area contributed by atoms with Crippen LogP contribution in [0.1, 0.15) is 54.9 Å². The Labute approximate surface area is 390 Å². The normalized spacial score (nSPS) is 11.6. The van der Waals surface area contributed by atoms with Crippen molar-refractivity contribution in [3.63, 3.8) is 0 Å². The van der Waals surface area contributed by atoms with Gasteiger partial charge < -0.3 is 28.1 Å². The van der Waals surface area contributed by atoms with Crippen LogP contribution in [-0.2, 0) is 57.2 Å². The molecule has 0 saturated carbocycles. The quantitative estimate of drug-likeness (QED) is 0.0753. The summed E-state index contributed by atoms with van der Waals surface area (Å²) in [6.45, 7) is 1.50. The molecule has 366 valence electrons. The highest BCUT2D eigenvalue weighted by molar-refractivity contribution is 6.30. The third-order valence-electron chi connectivity index (χ3n) is 9.32. The Balaban J connectivity index is 0.000000293. The SMILES string of the molecule is C.CCOC(=O)Cc1cc(F)c(OCc2c(C(F)(F)C(F)(F)F)ccn2-c2ccc(Cl)cc2)c(F)c1.CCOC(=O)Cc1cc(F)c(OCc2c(C(F)(F)F)ccn2-c2ccc(Cl)cc2)c(F)c1. The zero-order valence-corrected chi connectivity index (χ0v) is 36.1. The Morgan fingerprint density at radius 1 is 0.544 bits per heavy atom. The van der Waals surface area contributed by atoms with Crippen LogP contribution in [-0.4, -0.2) is 40.5 Å². The summed E-state index contributed by atoms with van der Waals surface area (Å²) >= 11 is 11.6. The molecule has 0 N–H and O–H groups in total. The monoisotopic (exact) mass is 1010 g/mol. The van der Waals surface area contributed by atoms with Gasteiger partial charge >= 0.3 is 30.2 Å². The fourth-order valence-electron chi connectivity index (χ4n) is 6.35. The Morgan fingerprint density at radius 2 is 0.882 bits per heavy atom. The lowest BCUT2D eigenvalue weighted by molar-refractivity contribution is -0.289. The van der Waals surface area contributed by atoms with E-state index in [1.807, 2.05) is 0 Å². The second-order valence-corrected chi connectivity index (χ2v) is 14.8. The smallest absolute Gasteiger partial charge is 0.458 e. The van der Waals surface area contributed by atoms with E-state index in [-0.39, 0.29) is 54.6 Å². The van der Waals surface area contributed by atoms with Gasteiger partial charge in [-0.2, -0.15) is 35.1 Å². The van der Waals surface area contributed by atoms with Crippen molar-refractivity contribution in [1.82, 2.24) is 9.13 Å². The van der Waals surface area contributed by atoms with Crippen LogP contribution in [0.2, 0.25) is 10.0 Å². The minimum atomic E-state index is -5.93. The summed E-state index contributed by atoms with van der Waals surface area (Å²) in [7, 11) is 0.